The average Bonchev–Trinajstić information content (AvgIpc) is 2.28. The highest BCUT2D eigenvalue weighted by molar-refractivity contribution is 5.54. The summed E-state index contributed by atoms with van der Waals surface area (Å²) >= 11 is 0. The first kappa shape index (κ1) is 12.1. The van der Waals surface area contributed by atoms with Crippen LogP contribution in [0.1, 0.15) is 32.3 Å². The van der Waals surface area contributed by atoms with E-state index in [-0.39, 0.29) is 0 Å². The van der Waals surface area contributed by atoms with E-state index < -0.39 is 5.60 Å². The average molecular weight is 207 g/mol. The predicted octanol–water partition coefficient (Wildman–Crippen LogP) is 2.76. The minimum absolute atomic E-state index is 0.694. The molecule has 0 atom stereocenters. The molecule has 0 radical (unpaired) electrons. The molecule has 2 nitrogen and oxygen atoms in total. The van der Waals surface area contributed by atoms with Crippen LogP contribution in [-0.2, 0) is 5.60 Å². The van der Waals surface area contributed by atoms with Crippen LogP contribution in [0.3, 0.4) is 0 Å². The van der Waals surface area contributed by atoms with Gasteiger partial charge in [0, 0.05) is 25.3 Å². The summed E-state index contributed by atoms with van der Waals surface area (Å²) in [5.41, 5.74) is 1.43. The first-order valence-electron chi connectivity index (χ1n) is 5.54. The lowest BCUT2D eigenvalue weighted by atomic mass is 9.87. The van der Waals surface area contributed by atoms with E-state index >= 15 is 0 Å². The molecule has 1 rings (SSSR count). The zero-order valence-corrected chi connectivity index (χ0v) is 10.1. The molecule has 0 amide bonds. The number of aliphatic hydroxyl groups is 1. The largest absolute Gasteiger partial charge is 0.385 e. The monoisotopic (exact) mass is 207 g/mol. The zero-order valence-electron chi connectivity index (χ0n) is 10.1. The van der Waals surface area contributed by atoms with E-state index in [0.29, 0.717) is 0 Å². The lowest BCUT2D eigenvalue weighted by molar-refractivity contribution is 0.0289. The number of anilines is 1. The Morgan fingerprint density at radius 3 is 2.13 bits per heavy atom. The van der Waals surface area contributed by atoms with Crippen LogP contribution in [0.5, 0.6) is 0 Å². The molecule has 1 aromatic carbocycles. The summed E-state index contributed by atoms with van der Waals surface area (Å²) in [5, 5.41) is 10.5. The molecular formula is C13H21NO. The minimum Gasteiger partial charge on any atom is -0.385 e. The number of rotatable bonds is 4. The number of hydrogen-bond donors (Lipinski definition) is 1. The molecule has 2 heteroatoms. The van der Waals surface area contributed by atoms with Crippen molar-refractivity contribution in [3.8, 4) is 0 Å². The van der Waals surface area contributed by atoms with Gasteiger partial charge in [0.2, 0.25) is 0 Å². The summed E-state index contributed by atoms with van der Waals surface area (Å²) < 4.78 is 0. The van der Waals surface area contributed by atoms with E-state index in [1.54, 1.807) is 0 Å². The molecule has 0 aliphatic carbocycles. The standard InChI is InChI=1S/C13H21NO/c1-5-13(15,6-2)11-9-7-8-10-12(11)14(3)4/h7-10,15H,5-6H2,1-4H3. The molecule has 0 aliphatic heterocycles. The lowest BCUT2D eigenvalue weighted by Crippen LogP contribution is -2.26. The van der Waals surface area contributed by atoms with E-state index in [4.69, 9.17) is 0 Å². The minimum atomic E-state index is -0.694. The summed E-state index contributed by atoms with van der Waals surface area (Å²) in [6.45, 7) is 4.05. The van der Waals surface area contributed by atoms with Crippen molar-refractivity contribution in [2.75, 3.05) is 19.0 Å². The molecule has 0 heterocycles. The van der Waals surface area contributed by atoms with E-state index in [0.717, 1.165) is 24.1 Å². The van der Waals surface area contributed by atoms with Crippen molar-refractivity contribution in [3.63, 3.8) is 0 Å². The van der Waals surface area contributed by atoms with Gasteiger partial charge in [0.25, 0.3) is 0 Å². The van der Waals surface area contributed by atoms with Crippen molar-refractivity contribution >= 4 is 5.69 Å². The third-order valence-corrected chi connectivity index (χ3v) is 3.06. The molecule has 0 aromatic heterocycles. The molecule has 0 unspecified atom stereocenters. The van der Waals surface area contributed by atoms with E-state index in [1.807, 2.05) is 57.1 Å². The van der Waals surface area contributed by atoms with Crippen molar-refractivity contribution in [3.05, 3.63) is 29.8 Å². The van der Waals surface area contributed by atoms with Gasteiger partial charge in [-0.15, -0.1) is 0 Å². The van der Waals surface area contributed by atoms with Crippen molar-refractivity contribution < 1.29 is 5.11 Å². The van der Waals surface area contributed by atoms with Gasteiger partial charge in [-0.2, -0.15) is 0 Å². The first-order chi connectivity index (χ1) is 7.05. The molecule has 0 saturated heterocycles. The summed E-state index contributed by atoms with van der Waals surface area (Å²) in [5.74, 6) is 0. The fourth-order valence-electron chi connectivity index (χ4n) is 1.89. The quantitative estimate of drug-likeness (QED) is 0.820. The third kappa shape index (κ3) is 2.32. The van der Waals surface area contributed by atoms with E-state index in [2.05, 4.69) is 0 Å². The molecule has 1 N–H and O–H groups in total. The first-order valence-corrected chi connectivity index (χ1v) is 5.54. The van der Waals surface area contributed by atoms with Crippen LogP contribution in [0.2, 0.25) is 0 Å². The van der Waals surface area contributed by atoms with Crippen molar-refractivity contribution in [1.82, 2.24) is 0 Å². The SMILES string of the molecule is CCC(O)(CC)c1ccccc1N(C)C. The fraction of sp³-hybridized carbons (Fsp3) is 0.538. The van der Waals surface area contributed by atoms with Gasteiger partial charge < -0.3 is 10.0 Å². The van der Waals surface area contributed by atoms with Gasteiger partial charge >= 0.3 is 0 Å². The summed E-state index contributed by atoms with van der Waals surface area (Å²) in [7, 11) is 4.01. The highest BCUT2D eigenvalue weighted by Crippen LogP contribution is 2.34. The summed E-state index contributed by atoms with van der Waals surface area (Å²) in [6.07, 6.45) is 1.49. The maximum Gasteiger partial charge on any atom is 0.0911 e. The number of para-hydroxylation sites is 1. The molecule has 84 valence electrons. The van der Waals surface area contributed by atoms with Crippen molar-refractivity contribution in [1.29, 1.82) is 0 Å². The number of nitrogens with zero attached hydrogens (tertiary/aromatic N) is 1. The second-order valence-corrected chi connectivity index (χ2v) is 4.15. The van der Waals surface area contributed by atoms with Gasteiger partial charge in [0.05, 0.1) is 5.60 Å². The molecular weight excluding hydrogens is 186 g/mol. The predicted molar refractivity (Wildman–Crippen MR) is 65.2 cm³/mol. The Balaban J connectivity index is 3.23. The molecule has 0 fully saturated rings. The topological polar surface area (TPSA) is 23.5 Å². The van der Waals surface area contributed by atoms with Crippen LogP contribution < -0.4 is 4.90 Å². The van der Waals surface area contributed by atoms with Crippen LogP contribution >= 0.6 is 0 Å². The van der Waals surface area contributed by atoms with Gasteiger partial charge in [-0.3, -0.25) is 0 Å². The maximum absolute atomic E-state index is 10.5. The van der Waals surface area contributed by atoms with Crippen LogP contribution in [0, 0.1) is 0 Å². The highest BCUT2D eigenvalue weighted by atomic mass is 16.3. The van der Waals surface area contributed by atoms with Gasteiger partial charge in [0.1, 0.15) is 0 Å². The van der Waals surface area contributed by atoms with E-state index in [1.165, 1.54) is 0 Å². The van der Waals surface area contributed by atoms with E-state index in [9.17, 15) is 5.11 Å². The van der Waals surface area contributed by atoms with Crippen molar-refractivity contribution in [2.45, 2.75) is 32.3 Å². The molecule has 0 spiro atoms. The van der Waals surface area contributed by atoms with Crippen molar-refractivity contribution in [2.24, 2.45) is 0 Å². The van der Waals surface area contributed by atoms with Crippen LogP contribution in [-0.4, -0.2) is 19.2 Å². The summed E-state index contributed by atoms with van der Waals surface area (Å²) in [4.78, 5) is 2.05. The number of hydrogen-bond acceptors (Lipinski definition) is 2. The Morgan fingerprint density at radius 1 is 1.13 bits per heavy atom. The Bertz CT molecular complexity index is 316. The van der Waals surface area contributed by atoms with Crippen LogP contribution in [0.25, 0.3) is 0 Å². The molecule has 15 heavy (non-hydrogen) atoms. The Kier molecular flexibility index (Phi) is 3.75. The van der Waals surface area contributed by atoms with Crippen LogP contribution in [0.15, 0.2) is 24.3 Å². The normalized spacial score (nSPS) is 11.5. The van der Waals surface area contributed by atoms with Gasteiger partial charge in [-0.05, 0) is 18.9 Å². The summed E-state index contributed by atoms with van der Waals surface area (Å²) in [6, 6.07) is 8.05. The smallest absolute Gasteiger partial charge is 0.0911 e. The highest BCUT2D eigenvalue weighted by Gasteiger charge is 2.27. The molecule has 0 aliphatic rings. The number of benzene rings is 1. The molecule has 0 saturated carbocycles. The van der Waals surface area contributed by atoms with Gasteiger partial charge in [0.15, 0.2) is 0 Å². The molecule has 0 bridgehead atoms. The molecule has 1 aromatic rings. The Hall–Kier alpha value is -1.02. The second-order valence-electron chi connectivity index (χ2n) is 4.15. The zero-order chi connectivity index (χ0) is 11.5. The second kappa shape index (κ2) is 4.67. The maximum atomic E-state index is 10.5. The third-order valence-electron chi connectivity index (χ3n) is 3.06. The van der Waals surface area contributed by atoms with Gasteiger partial charge in [-0.1, -0.05) is 32.0 Å². The Morgan fingerprint density at radius 2 is 1.67 bits per heavy atom. The van der Waals surface area contributed by atoms with Crippen LogP contribution in [0.4, 0.5) is 5.69 Å². The van der Waals surface area contributed by atoms with Gasteiger partial charge in [-0.25, -0.2) is 0 Å². The lowest BCUT2D eigenvalue weighted by Gasteiger charge is -2.30. The Labute approximate surface area is 92.5 Å². The fourth-order valence-corrected chi connectivity index (χ4v) is 1.89.